The summed E-state index contributed by atoms with van der Waals surface area (Å²) in [6.07, 6.45) is 0.749. The van der Waals surface area contributed by atoms with Crippen LogP contribution in [0.15, 0.2) is 0 Å². The van der Waals surface area contributed by atoms with Crippen LogP contribution in [0.4, 0.5) is 0 Å². The van der Waals surface area contributed by atoms with Crippen molar-refractivity contribution in [2.45, 2.75) is 24.9 Å². The third kappa shape index (κ3) is 3.01. The van der Waals surface area contributed by atoms with Gasteiger partial charge in [0.1, 0.15) is 0 Å². The fraction of sp³-hybridized carbons (Fsp3) is 1.00. The van der Waals surface area contributed by atoms with Crippen LogP contribution in [0.25, 0.3) is 0 Å². The van der Waals surface area contributed by atoms with Crippen molar-refractivity contribution in [3.05, 3.63) is 0 Å². The van der Waals surface area contributed by atoms with E-state index in [1.165, 1.54) is 0 Å². The van der Waals surface area contributed by atoms with E-state index in [1.54, 1.807) is 21.3 Å². The second-order valence-corrected chi connectivity index (χ2v) is 6.43. The van der Waals surface area contributed by atoms with Gasteiger partial charge in [0.15, 0.2) is 0 Å². The smallest absolute Gasteiger partial charge is 0.377 e. The van der Waals surface area contributed by atoms with Crippen molar-refractivity contribution >= 4 is 8.80 Å². The molecule has 0 aromatic heterocycles. The molecule has 0 bridgehead atoms. The van der Waals surface area contributed by atoms with E-state index in [0.29, 0.717) is 6.54 Å². The molecule has 0 saturated carbocycles. The Hall–Kier alpha value is 0.0169. The van der Waals surface area contributed by atoms with Crippen molar-refractivity contribution < 1.29 is 13.3 Å². The third-order valence-corrected chi connectivity index (χ3v) is 5.85. The lowest BCUT2D eigenvalue weighted by Crippen LogP contribution is -2.53. The van der Waals surface area contributed by atoms with Crippen molar-refractivity contribution in [2.75, 3.05) is 27.9 Å². The molecule has 4 N–H and O–H groups in total. The van der Waals surface area contributed by atoms with Crippen LogP contribution in [0, 0.1) is 0 Å². The van der Waals surface area contributed by atoms with Gasteiger partial charge in [-0.25, -0.2) is 0 Å². The van der Waals surface area contributed by atoms with E-state index in [1.807, 2.05) is 6.92 Å². The van der Waals surface area contributed by atoms with Gasteiger partial charge in [0.05, 0.1) is 0 Å². The zero-order valence-corrected chi connectivity index (χ0v) is 10.4. The monoisotopic (exact) mass is 222 g/mol. The molecule has 0 rings (SSSR count). The van der Waals surface area contributed by atoms with Crippen LogP contribution in [-0.2, 0) is 13.3 Å². The first-order valence-corrected chi connectivity index (χ1v) is 6.49. The molecule has 14 heavy (non-hydrogen) atoms. The Morgan fingerprint density at radius 2 is 1.57 bits per heavy atom. The van der Waals surface area contributed by atoms with Crippen molar-refractivity contribution in [1.29, 1.82) is 0 Å². The predicted octanol–water partition coefficient (Wildman–Crippen LogP) is -0.0693. The quantitative estimate of drug-likeness (QED) is 0.590. The molecule has 0 amide bonds. The first kappa shape index (κ1) is 14.0. The van der Waals surface area contributed by atoms with Crippen molar-refractivity contribution in [3.63, 3.8) is 0 Å². The molecule has 86 valence electrons. The fourth-order valence-corrected chi connectivity index (χ4v) is 4.22. The molecule has 0 saturated heterocycles. The zero-order chi connectivity index (χ0) is 11.2. The Kier molecular flexibility index (Phi) is 6.50. The minimum absolute atomic E-state index is 0.0486. The van der Waals surface area contributed by atoms with Crippen LogP contribution in [-0.4, -0.2) is 42.7 Å². The maximum atomic E-state index is 5.87. The lowest BCUT2D eigenvalue weighted by Gasteiger charge is -2.34. The normalized spacial score (nSPS) is 16.7. The largest absolute Gasteiger partial charge is 0.505 e. The molecule has 0 aromatic carbocycles. The summed E-state index contributed by atoms with van der Waals surface area (Å²) in [6.45, 7) is 2.47. The van der Waals surface area contributed by atoms with Crippen molar-refractivity contribution in [2.24, 2.45) is 11.5 Å². The summed E-state index contributed by atoms with van der Waals surface area (Å²) in [7, 11) is 2.13. The van der Waals surface area contributed by atoms with E-state index in [4.69, 9.17) is 24.7 Å². The highest BCUT2D eigenvalue weighted by Crippen LogP contribution is 2.29. The first-order chi connectivity index (χ1) is 6.57. The van der Waals surface area contributed by atoms with Crippen molar-refractivity contribution in [1.82, 2.24) is 0 Å². The average molecular weight is 222 g/mol. The Morgan fingerprint density at radius 3 is 1.79 bits per heavy atom. The molecule has 0 spiro atoms. The summed E-state index contributed by atoms with van der Waals surface area (Å²) in [5, 5.41) is 0. The molecule has 2 atom stereocenters. The molecule has 0 aliphatic heterocycles. The van der Waals surface area contributed by atoms with Gasteiger partial charge in [-0.1, -0.05) is 0 Å². The third-order valence-electron chi connectivity index (χ3n) is 2.42. The van der Waals surface area contributed by atoms with Gasteiger partial charge in [-0.2, -0.15) is 0 Å². The van der Waals surface area contributed by atoms with Crippen LogP contribution in [0.2, 0.25) is 5.54 Å². The molecule has 0 aliphatic carbocycles. The van der Waals surface area contributed by atoms with E-state index in [0.717, 1.165) is 6.42 Å². The van der Waals surface area contributed by atoms with Gasteiger partial charge in [-0.05, 0) is 19.9 Å². The summed E-state index contributed by atoms with van der Waals surface area (Å²) in [5.74, 6) is 0. The lowest BCUT2D eigenvalue weighted by atomic mass is 10.2. The zero-order valence-electron chi connectivity index (χ0n) is 9.45. The van der Waals surface area contributed by atoms with Gasteiger partial charge >= 0.3 is 8.80 Å². The van der Waals surface area contributed by atoms with Gasteiger partial charge in [0.25, 0.3) is 0 Å². The van der Waals surface area contributed by atoms with E-state index in [9.17, 15) is 0 Å². The second kappa shape index (κ2) is 6.49. The number of hydrogen-bond acceptors (Lipinski definition) is 5. The van der Waals surface area contributed by atoms with Crippen LogP contribution in [0.5, 0.6) is 0 Å². The molecule has 5 nitrogen and oxygen atoms in total. The lowest BCUT2D eigenvalue weighted by molar-refractivity contribution is 0.106. The fourth-order valence-electron chi connectivity index (χ4n) is 1.65. The van der Waals surface area contributed by atoms with E-state index < -0.39 is 8.80 Å². The highest BCUT2D eigenvalue weighted by atomic mass is 28.4. The predicted molar refractivity (Wildman–Crippen MR) is 57.9 cm³/mol. The Labute approximate surface area is 87.1 Å². The maximum Gasteiger partial charge on any atom is 0.505 e. The Bertz CT molecular complexity index is 145. The Morgan fingerprint density at radius 1 is 1.14 bits per heavy atom. The minimum atomic E-state index is -2.64. The highest BCUT2D eigenvalue weighted by molar-refractivity contribution is 6.62. The van der Waals surface area contributed by atoms with Crippen LogP contribution in [0.1, 0.15) is 13.3 Å². The molecule has 0 radical (unpaired) electrons. The van der Waals surface area contributed by atoms with Gasteiger partial charge in [-0.3, -0.25) is 0 Å². The molecule has 2 unspecified atom stereocenters. The van der Waals surface area contributed by atoms with Crippen LogP contribution < -0.4 is 11.5 Å². The highest BCUT2D eigenvalue weighted by Gasteiger charge is 2.48. The average Bonchev–Trinajstić information content (AvgIpc) is 2.19. The topological polar surface area (TPSA) is 79.7 Å². The summed E-state index contributed by atoms with van der Waals surface area (Å²) in [4.78, 5) is 0. The van der Waals surface area contributed by atoms with Crippen LogP contribution in [0.3, 0.4) is 0 Å². The van der Waals surface area contributed by atoms with Gasteiger partial charge < -0.3 is 24.7 Å². The molecular formula is C8H22N2O3Si. The number of rotatable bonds is 7. The molecule has 0 heterocycles. The molecule has 0 aliphatic rings. The van der Waals surface area contributed by atoms with Gasteiger partial charge in [-0.15, -0.1) is 0 Å². The summed E-state index contributed by atoms with van der Waals surface area (Å²) < 4.78 is 16.1. The van der Waals surface area contributed by atoms with Crippen LogP contribution >= 0.6 is 0 Å². The summed E-state index contributed by atoms with van der Waals surface area (Å²) in [5.41, 5.74) is 11.5. The van der Waals surface area contributed by atoms with Gasteiger partial charge in [0.2, 0.25) is 0 Å². The SMILES string of the molecule is CO[Si](OC)(OC)C(CCN)C(C)N. The standard InChI is InChI=1S/C8H22N2O3Si/c1-7(10)8(5-6-9)14(11-2,12-3)13-4/h7-8H,5-6,9-10H2,1-4H3. The first-order valence-electron chi connectivity index (χ1n) is 4.69. The molecular weight excluding hydrogens is 200 g/mol. The van der Waals surface area contributed by atoms with E-state index in [2.05, 4.69) is 0 Å². The van der Waals surface area contributed by atoms with E-state index >= 15 is 0 Å². The molecule has 0 aromatic rings. The summed E-state index contributed by atoms with van der Waals surface area (Å²) in [6, 6.07) is -0.0509. The number of hydrogen-bond donors (Lipinski definition) is 2. The second-order valence-electron chi connectivity index (χ2n) is 3.26. The summed E-state index contributed by atoms with van der Waals surface area (Å²) >= 11 is 0. The molecule has 0 fully saturated rings. The number of nitrogens with two attached hydrogens (primary N) is 2. The van der Waals surface area contributed by atoms with Gasteiger partial charge in [0, 0.05) is 32.9 Å². The van der Waals surface area contributed by atoms with E-state index in [-0.39, 0.29) is 11.6 Å². The Balaban J connectivity index is 4.70. The van der Waals surface area contributed by atoms with Crippen molar-refractivity contribution in [3.8, 4) is 0 Å². The maximum absolute atomic E-state index is 5.87. The molecule has 6 heteroatoms. The minimum Gasteiger partial charge on any atom is -0.377 e.